The number of fused-ring (bicyclic) bond motifs is 1. The molecule has 0 radical (unpaired) electrons. The molecule has 2 aromatic rings. The minimum Gasteiger partial charge on any atom is -0.496 e. The van der Waals surface area contributed by atoms with Crippen LogP contribution in [0, 0.1) is 0 Å². The molecular weight excluding hydrogens is 394 g/mol. The van der Waals surface area contributed by atoms with E-state index in [0.29, 0.717) is 17.9 Å². The minimum absolute atomic E-state index is 0.0135. The van der Waals surface area contributed by atoms with E-state index in [4.69, 9.17) is 9.47 Å². The van der Waals surface area contributed by atoms with Crippen molar-refractivity contribution in [3.8, 4) is 5.75 Å². The second-order valence-corrected chi connectivity index (χ2v) is 8.91. The molecule has 2 amide bonds. The number of Topliss-reactive ketones (excluding diaryl/α,β-unsaturated/α-hetero) is 1. The normalized spacial score (nSPS) is 18.0. The van der Waals surface area contributed by atoms with Crippen molar-refractivity contribution in [2.24, 2.45) is 0 Å². The molecule has 0 bridgehead atoms. The molecule has 0 N–H and O–H groups in total. The lowest BCUT2D eigenvalue weighted by Crippen LogP contribution is -2.46. The monoisotopic (exact) mass is 423 g/mol. The van der Waals surface area contributed by atoms with Gasteiger partial charge in [0, 0.05) is 6.42 Å². The molecule has 0 saturated heterocycles. The van der Waals surface area contributed by atoms with Crippen molar-refractivity contribution in [2.45, 2.75) is 58.0 Å². The highest BCUT2D eigenvalue weighted by molar-refractivity contribution is 6.21. The van der Waals surface area contributed by atoms with E-state index in [-0.39, 0.29) is 24.5 Å². The Labute approximate surface area is 183 Å². The number of benzene rings is 2. The number of hydrogen-bond acceptors (Lipinski definition) is 5. The zero-order valence-electron chi connectivity index (χ0n) is 18.7. The van der Waals surface area contributed by atoms with Crippen LogP contribution in [0.4, 0.5) is 10.5 Å². The van der Waals surface area contributed by atoms with E-state index < -0.39 is 17.1 Å². The summed E-state index contributed by atoms with van der Waals surface area (Å²) in [6, 6.07) is 14.7. The van der Waals surface area contributed by atoms with Crippen LogP contribution in [0.15, 0.2) is 48.5 Å². The second-order valence-electron chi connectivity index (χ2n) is 8.91. The van der Waals surface area contributed by atoms with Crippen LogP contribution in [0.2, 0.25) is 0 Å². The van der Waals surface area contributed by atoms with Crippen molar-refractivity contribution in [1.82, 2.24) is 0 Å². The fourth-order valence-corrected chi connectivity index (χ4v) is 4.07. The summed E-state index contributed by atoms with van der Waals surface area (Å²) >= 11 is 0. The number of rotatable bonds is 6. The summed E-state index contributed by atoms with van der Waals surface area (Å²) in [5, 5.41) is 0. The van der Waals surface area contributed by atoms with Crippen LogP contribution in [-0.2, 0) is 26.2 Å². The van der Waals surface area contributed by atoms with Crippen LogP contribution in [0.5, 0.6) is 5.75 Å². The minimum atomic E-state index is -1.08. The molecule has 0 aliphatic carbocycles. The summed E-state index contributed by atoms with van der Waals surface area (Å²) in [5.41, 5.74) is 0.230. The van der Waals surface area contributed by atoms with E-state index in [2.05, 4.69) is 0 Å². The van der Waals surface area contributed by atoms with Crippen molar-refractivity contribution >= 4 is 23.5 Å². The molecule has 0 aromatic heterocycles. The molecule has 6 heteroatoms. The molecular formula is C25H29NO5. The van der Waals surface area contributed by atoms with E-state index in [1.165, 1.54) is 6.92 Å². The average Bonchev–Trinajstić information content (AvgIpc) is 2.94. The number of methoxy groups -OCH3 is 1. The van der Waals surface area contributed by atoms with Crippen LogP contribution < -0.4 is 9.64 Å². The van der Waals surface area contributed by atoms with Crippen LogP contribution in [0.1, 0.15) is 51.7 Å². The lowest BCUT2D eigenvalue weighted by atomic mass is 9.72. The Morgan fingerprint density at radius 2 is 1.68 bits per heavy atom. The fraction of sp³-hybridized carbons (Fsp3) is 0.400. The van der Waals surface area contributed by atoms with E-state index in [0.717, 1.165) is 16.0 Å². The third-order valence-corrected chi connectivity index (χ3v) is 5.44. The SMILES string of the molecule is COc1ccccc1C[C@@]1(CCC(C)=O)C(=O)N(C(=O)OC(C)(C)C)c2ccccc21. The molecule has 1 aliphatic rings. The number of nitrogens with zero attached hydrogens (tertiary/aromatic N) is 1. The van der Waals surface area contributed by atoms with Gasteiger partial charge in [-0.1, -0.05) is 36.4 Å². The predicted molar refractivity (Wildman–Crippen MR) is 118 cm³/mol. The number of carbonyl (C=O) groups excluding carboxylic acids is 3. The molecule has 0 saturated carbocycles. The summed E-state index contributed by atoms with van der Waals surface area (Å²) in [7, 11) is 1.58. The molecule has 0 unspecified atom stereocenters. The first kappa shape index (κ1) is 22.5. The maximum Gasteiger partial charge on any atom is 0.421 e. The van der Waals surface area contributed by atoms with Gasteiger partial charge in [0.25, 0.3) is 0 Å². The summed E-state index contributed by atoms with van der Waals surface area (Å²) < 4.78 is 11.0. The van der Waals surface area contributed by atoms with E-state index in [1.807, 2.05) is 36.4 Å². The van der Waals surface area contributed by atoms with E-state index >= 15 is 0 Å². The lowest BCUT2D eigenvalue weighted by Gasteiger charge is -2.30. The van der Waals surface area contributed by atoms with Gasteiger partial charge >= 0.3 is 6.09 Å². The smallest absolute Gasteiger partial charge is 0.421 e. The second kappa shape index (κ2) is 8.53. The zero-order valence-corrected chi connectivity index (χ0v) is 18.7. The summed E-state index contributed by atoms with van der Waals surface area (Å²) in [5.74, 6) is 0.265. The molecule has 0 fully saturated rings. The number of imide groups is 1. The van der Waals surface area contributed by atoms with Gasteiger partial charge in [-0.3, -0.25) is 4.79 Å². The van der Waals surface area contributed by atoms with Crippen LogP contribution in [0.3, 0.4) is 0 Å². The number of carbonyl (C=O) groups is 3. The van der Waals surface area contributed by atoms with Crippen molar-refractivity contribution in [2.75, 3.05) is 12.0 Å². The van der Waals surface area contributed by atoms with Crippen molar-refractivity contribution in [1.29, 1.82) is 0 Å². The van der Waals surface area contributed by atoms with Gasteiger partial charge < -0.3 is 14.3 Å². The van der Waals surface area contributed by atoms with Gasteiger partial charge in [0.05, 0.1) is 18.2 Å². The molecule has 1 atom stereocenters. The Morgan fingerprint density at radius 1 is 1.03 bits per heavy atom. The number of ketones is 1. The molecule has 2 aromatic carbocycles. The van der Waals surface area contributed by atoms with Gasteiger partial charge in [0.2, 0.25) is 5.91 Å². The highest BCUT2D eigenvalue weighted by Gasteiger charge is 2.53. The van der Waals surface area contributed by atoms with Crippen LogP contribution >= 0.6 is 0 Å². The first-order valence-corrected chi connectivity index (χ1v) is 10.4. The standard InChI is InChI=1S/C25H29NO5/c1-17(27)14-15-25(16-18-10-6-9-13-21(18)30-5)19-11-7-8-12-20(19)26(22(25)28)23(29)31-24(2,3)4/h6-13H,14-16H2,1-5H3/t25-/m1/s1. The summed E-state index contributed by atoms with van der Waals surface area (Å²) in [4.78, 5) is 39.9. The van der Waals surface area contributed by atoms with Crippen LogP contribution in [0.25, 0.3) is 0 Å². The summed E-state index contributed by atoms with van der Waals surface area (Å²) in [6.07, 6.45) is 0.0986. The topological polar surface area (TPSA) is 72.9 Å². The number of anilines is 1. The summed E-state index contributed by atoms with van der Waals surface area (Å²) in [6.45, 7) is 6.79. The number of para-hydroxylation sites is 2. The molecule has 1 heterocycles. The Balaban J connectivity index is 2.14. The quantitative estimate of drug-likeness (QED) is 0.666. The average molecular weight is 424 g/mol. The van der Waals surface area contributed by atoms with Gasteiger partial charge in [-0.2, -0.15) is 0 Å². The third-order valence-electron chi connectivity index (χ3n) is 5.44. The molecule has 1 aliphatic heterocycles. The molecule has 3 rings (SSSR count). The maximum atomic E-state index is 13.9. The van der Waals surface area contributed by atoms with Crippen molar-refractivity contribution in [3.63, 3.8) is 0 Å². The van der Waals surface area contributed by atoms with Gasteiger partial charge in [0.1, 0.15) is 17.1 Å². The fourth-order valence-electron chi connectivity index (χ4n) is 4.07. The van der Waals surface area contributed by atoms with Gasteiger partial charge in [0.15, 0.2) is 0 Å². The Morgan fingerprint density at radius 3 is 2.32 bits per heavy atom. The van der Waals surface area contributed by atoms with Gasteiger partial charge in [-0.25, -0.2) is 9.69 Å². The zero-order chi connectivity index (χ0) is 22.8. The highest BCUT2D eigenvalue weighted by Crippen LogP contribution is 2.48. The van der Waals surface area contributed by atoms with Crippen LogP contribution in [-0.4, -0.2) is 30.5 Å². The number of hydrogen-bond donors (Lipinski definition) is 0. The van der Waals surface area contributed by atoms with Gasteiger partial charge in [-0.15, -0.1) is 0 Å². The Hall–Kier alpha value is -3.15. The molecule has 31 heavy (non-hydrogen) atoms. The first-order valence-electron chi connectivity index (χ1n) is 10.4. The van der Waals surface area contributed by atoms with E-state index in [1.54, 1.807) is 40.0 Å². The van der Waals surface area contributed by atoms with Crippen molar-refractivity contribution < 1.29 is 23.9 Å². The largest absolute Gasteiger partial charge is 0.496 e. The first-order chi connectivity index (χ1) is 14.6. The Kier molecular flexibility index (Phi) is 6.20. The van der Waals surface area contributed by atoms with Crippen molar-refractivity contribution in [3.05, 3.63) is 59.7 Å². The molecule has 164 valence electrons. The number of ether oxygens (including phenoxy) is 2. The molecule has 0 spiro atoms. The van der Waals surface area contributed by atoms with Gasteiger partial charge in [-0.05, 0) is 63.8 Å². The predicted octanol–water partition coefficient (Wildman–Crippen LogP) is 4.83. The lowest BCUT2D eigenvalue weighted by molar-refractivity contribution is -0.123. The highest BCUT2D eigenvalue weighted by atomic mass is 16.6. The van der Waals surface area contributed by atoms with E-state index in [9.17, 15) is 14.4 Å². The molecule has 6 nitrogen and oxygen atoms in total. The Bertz CT molecular complexity index is 1010. The third kappa shape index (κ3) is 4.48. The maximum absolute atomic E-state index is 13.9. The number of amides is 2.